The smallest absolute Gasteiger partial charge is 0.320 e. The van der Waals surface area contributed by atoms with Crippen molar-refractivity contribution >= 4 is 39.1 Å². The van der Waals surface area contributed by atoms with Gasteiger partial charge in [-0.1, -0.05) is 6.92 Å². The number of anilines is 1. The summed E-state index contributed by atoms with van der Waals surface area (Å²) in [5.41, 5.74) is 1.65. The van der Waals surface area contributed by atoms with E-state index in [2.05, 4.69) is 15.4 Å². The SMILES string of the molecule is CC1(C(=O)Nc2ccc(Oc3ccnc4cc(-c5cnn(CCOC(=O)CN6CCOCC6)c5)sc34)c(F)c2)CC1. The molecule has 1 saturated carbocycles. The highest BCUT2D eigenvalue weighted by atomic mass is 32.1. The molecule has 0 unspecified atom stereocenters. The highest BCUT2D eigenvalue weighted by Gasteiger charge is 2.44. The highest BCUT2D eigenvalue weighted by Crippen LogP contribution is 2.46. The first-order valence-electron chi connectivity index (χ1n) is 13.5. The monoisotopic (exact) mass is 579 g/mol. The number of thiophene rings is 1. The molecule has 1 N–H and O–H groups in total. The van der Waals surface area contributed by atoms with Gasteiger partial charge in [0.15, 0.2) is 11.6 Å². The molecule has 2 fully saturated rings. The van der Waals surface area contributed by atoms with Crippen LogP contribution in [0, 0.1) is 11.2 Å². The Kier molecular flexibility index (Phi) is 7.69. The van der Waals surface area contributed by atoms with Gasteiger partial charge in [0.2, 0.25) is 5.91 Å². The fourth-order valence-electron chi connectivity index (χ4n) is 4.47. The number of morpholine rings is 1. The molecule has 4 aromatic rings. The lowest BCUT2D eigenvalue weighted by atomic mass is 10.1. The molecule has 41 heavy (non-hydrogen) atoms. The average Bonchev–Trinajstić information content (AvgIpc) is 3.33. The molecule has 1 aromatic carbocycles. The third-order valence-electron chi connectivity index (χ3n) is 7.29. The van der Waals surface area contributed by atoms with Crippen LogP contribution in [0.2, 0.25) is 0 Å². The Bertz CT molecular complexity index is 1580. The number of pyridine rings is 1. The molecular formula is C29H30FN5O5S. The Labute approximate surface area is 240 Å². The van der Waals surface area contributed by atoms with E-state index in [9.17, 15) is 14.0 Å². The largest absolute Gasteiger partial charge is 0.463 e. The maximum absolute atomic E-state index is 14.9. The second-order valence-corrected chi connectivity index (χ2v) is 11.5. The maximum Gasteiger partial charge on any atom is 0.320 e. The molecule has 1 aliphatic carbocycles. The minimum atomic E-state index is -0.572. The number of benzene rings is 1. The quantitative estimate of drug-likeness (QED) is 0.269. The van der Waals surface area contributed by atoms with Crippen molar-refractivity contribution in [3.05, 3.63) is 54.7 Å². The topological polar surface area (TPSA) is 108 Å². The van der Waals surface area contributed by atoms with Gasteiger partial charge >= 0.3 is 5.97 Å². The van der Waals surface area contributed by atoms with Crippen LogP contribution < -0.4 is 10.1 Å². The van der Waals surface area contributed by atoms with Crippen molar-refractivity contribution in [3.8, 4) is 21.9 Å². The summed E-state index contributed by atoms with van der Waals surface area (Å²) in [6.07, 6.45) is 6.93. The normalized spacial score (nSPS) is 16.4. The predicted molar refractivity (Wildman–Crippen MR) is 152 cm³/mol. The molecule has 0 bridgehead atoms. The van der Waals surface area contributed by atoms with Crippen LogP contribution >= 0.6 is 11.3 Å². The maximum atomic E-state index is 14.9. The van der Waals surface area contributed by atoms with E-state index in [0.717, 1.165) is 41.1 Å². The molecule has 4 heterocycles. The van der Waals surface area contributed by atoms with Gasteiger partial charge in [-0.25, -0.2) is 4.39 Å². The molecule has 2 aliphatic rings. The zero-order valence-corrected chi connectivity index (χ0v) is 23.4. The zero-order valence-electron chi connectivity index (χ0n) is 22.6. The number of halogens is 1. The standard InChI is InChI=1S/C29H30FN5O5S/c1-29(5-6-29)28(37)33-20-2-3-23(21(30)14-20)40-24-4-7-31-22-15-25(41-27(22)24)19-16-32-35(17-19)10-13-39-26(36)18-34-8-11-38-12-9-34/h2-4,7,14-17H,5-6,8-13,18H2,1H3,(H,33,37). The molecule has 0 spiro atoms. The Morgan fingerprint density at radius 3 is 2.78 bits per heavy atom. The average molecular weight is 580 g/mol. The number of rotatable bonds is 10. The fraction of sp³-hybridized carbons (Fsp3) is 0.379. The molecule has 214 valence electrons. The summed E-state index contributed by atoms with van der Waals surface area (Å²) in [6, 6.07) is 8.04. The van der Waals surface area contributed by atoms with Crippen LogP contribution in [0.1, 0.15) is 19.8 Å². The minimum absolute atomic E-state index is 0.0547. The number of carbonyl (C=O) groups is 2. The number of amides is 1. The Balaban J connectivity index is 1.08. The number of aromatic nitrogens is 3. The molecule has 3 aromatic heterocycles. The molecule has 0 radical (unpaired) electrons. The van der Waals surface area contributed by atoms with E-state index in [1.807, 2.05) is 24.1 Å². The van der Waals surface area contributed by atoms with E-state index in [1.165, 1.54) is 23.5 Å². The Morgan fingerprint density at radius 1 is 1.17 bits per heavy atom. The van der Waals surface area contributed by atoms with Crippen LogP contribution in [-0.2, 0) is 25.6 Å². The molecule has 6 rings (SSSR count). The lowest BCUT2D eigenvalue weighted by molar-refractivity contribution is -0.146. The van der Waals surface area contributed by atoms with Crippen LogP contribution in [0.4, 0.5) is 10.1 Å². The first-order valence-corrected chi connectivity index (χ1v) is 14.3. The van der Waals surface area contributed by atoms with Crippen LogP contribution in [-0.4, -0.2) is 71.0 Å². The van der Waals surface area contributed by atoms with E-state index in [4.69, 9.17) is 14.2 Å². The van der Waals surface area contributed by atoms with Crippen LogP contribution in [0.25, 0.3) is 20.7 Å². The molecule has 0 atom stereocenters. The van der Waals surface area contributed by atoms with E-state index < -0.39 is 5.82 Å². The van der Waals surface area contributed by atoms with Crippen LogP contribution in [0.3, 0.4) is 0 Å². The van der Waals surface area contributed by atoms with E-state index in [1.54, 1.807) is 29.2 Å². The first kappa shape index (κ1) is 27.3. The van der Waals surface area contributed by atoms with Gasteiger partial charge in [-0.15, -0.1) is 11.3 Å². The van der Waals surface area contributed by atoms with Crippen molar-refractivity contribution in [1.29, 1.82) is 0 Å². The van der Waals surface area contributed by atoms with E-state index in [-0.39, 0.29) is 36.2 Å². The zero-order chi connectivity index (χ0) is 28.4. The van der Waals surface area contributed by atoms with Crippen molar-refractivity contribution in [3.63, 3.8) is 0 Å². The number of esters is 1. The number of ether oxygens (including phenoxy) is 3. The summed E-state index contributed by atoms with van der Waals surface area (Å²) in [6.45, 7) is 5.55. The first-order chi connectivity index (χ1) is 19.9. The van der Waals surface area contributed by atoms with Crippen molar-refractivity contribution in [2.75, 3.05) is 44.8 Å². The summed E-state index contributed by atoms with van der Waals surface area (Å²) < 4.78 is 34.0. The molecule has 1 amide bonds. The highest BCUT2D eigenvalue weighted by molar-refractivity contribution is 7.22. The molecule has 10 nitrogen and oxygen atoms in total. The number of nitrogens with zero attached hydrogens (tertiary/aromatic N) is 4. The second kappa shape index (κ2) is 11.6. The van der Waals surface area contributed by atoms with Gasteiger partial charge in [0.1, 0.15) is 12.4 Å². The summed E-state index contributed by atoms with van der Waals surface area (Å²) in [7, 11) is 0. The molecule has 12 heteroatoms. The minimum Gasteiger partial charge on any atom is -0.463 e. The van der Waals surface area contributed by atoms with Gasteiger partial charge < -0.3 is 19.5 Å². The Morgan fingerprint density at radius 2 is 2.00 bits per heavy atom. The lowest BCUT2D eigenvalue weighted by Crippen LogP contribution is -2.40. The predicted octanol–water partition coefficient (Wildman–Crippen LogP) is 4.71. The van der Waals surface area contributed by atoms with Crippen LogP contribution in [0.5, 0.6) is 11.5 Å². The summed E-state index contributed by atoms with van der Waals surface area (Å²) in [4.78, 5) is 31.8. The third kappa shape index (κ3) is 6.39. The lowest BCUT2D eigenvalue weighted by Gasteiger charge is -2.25. The number of fused-ring (bicyclic) bond motifs is 1. The van der Waals surface area contributed by atoms with Crippen LogP contribution in [0.15, 0.2) is 48.9 Å². The van der Waals surface area contributed by atoms with E-state index >= 15 is 0 Å². The van der Waals surface area contributed by atoms with Crippen molar-refractivity contribution in [2.24, 2.45) is 5.41 Å². The van der Waals surface area contributed by atoms with E-state index in [0.29, 0.717) is 36.7 Å². The number of hydrogen-bond donors (Lipinski definition) is 1. The molecule has 1 saturated heterocycles. The second-order valence-electron chi connectivity index (χ2n) is 10.5. The van der Waals surface area contributed by atoms with Gasteiger partial charge in [-0.2, -0.15) is 5.10 Å². The van der Waals surface area contributed by atoms with Crippen molar-refractivity contribution < 1.29 is 28.2 Å². The summed E-state index contributed by atoms with van der Waals surface area (Å²) in [5, 5.41) is 7.18. The van der Waals surface area contributed by atoms with Gasteiger partial charge in [0, 0.05) is 59.2 Å². The molecule has 1 aliphatic heterocycles. The number of nitrogens with one attached hydrogen (secondary N) is 1. The van der Waals surface area contributed by atoms with Gasteiger partial charge in [0.25, 0.3) is 0 Å². The molecular weight excluding hydrogens is 549 g/mol. The number of hydrogen-bond acceptors (Lipinski definition) is 9. The van der Waals surface area contributed by atoms with Gasteiger partial charge in [-0.05, 0) is 31.0 Å². The third-order valence-corrected chi connectivity index (χ3v) is 8.48. The van der Waals surface area contributed by atoms with Crippen molar-refractivity contribution in [2.45, 2.75) is 26.3 Å². The fourth-order valence-corrected chi connectivity index (χ4v) is 5.51. The van der Waals surface area contributed by atoms with Gasteiger partial charge in [0.05, 0.1) is 42.7 Å². The van der Waals surface area contributed by atoms with Crippen molar-refractivity contribution in [1.82, 2.24) is 19.7 Å². The number of carbonyl (C=O) groups excluding carboxylic acids is 2. The van der Waals surface area contributed by atoms with Gasteiger partial charge in [-0.3, -0.25) is 24.2 Å². The summed E-state index contributed by atoms with van der Waals surface area (Å²) in [5.74, 6) is -0.394. The Hall–Kier alpha value is -3.87. The summed E-state index contributed by atoms with van der Waals surface area (Å²) >= 11 is 1.46.